The highest BCUT2D eigenvalue weighted by molar-refractivity contribution is 5.85. The summed E-state index contributed by atoms with van der Waals surface area (Å²) in [5.74, 6) is -0.579. The Balaban J connectivity index is 0.00000169. The van der Waals surface area contributed by atoms with E-state index < -0.39 is 18.5 Å². The molecule has 0 spiro atoms. The van der Waals surface area contributed by atoms with Crippen molar-refractivity contribution in [2.75, 3.05) is 6.67 Å². The van der Waals surface area contributed by atoms with Gasteiger partial charge in [0, 0.05) is 11.6 Å². The number of phenolic OH excluding ortho intramolecular Hbond substituents is 1. The van der Waals surface area contributed by atoms with E-state index in [-0.39, 0.29) is 30.1 Å². The fourth-order valence-electron chi connectivity index (χ4n) is 1.10. The van der Waals surface area contributed by atoms with Crippen LogP contribution in [0.25, 0.3) is 0 Å². The van der Waals surface area contributed by atoms with Gasteiger partial charge in [0.05, 0.1) is 6.67 Å². The lowest BCUT2D eigenvalue weighted by Gasteiger charge is -2.11. The fourth-order valence-corrected chi connectivity index (χ4v) is 1.10. The van der Waals surface area contributed by atoms with E-state index in [4.69, 9.17) is 5.73 Å². The first-order valence-electron chi connectivity index (χ1n) is 3.95. The molecule has 0 heterocycles. The Morgan fingerprint density at radius 1 is 1.43 bits per heavy atom. The molecule has 5 heteroatoms. The number of nitrogens with two attached hydrogens (primary N) is 1. The number of hydrogen-bond donors (Lipinski definition) is 2. The lowest BCUT2D eigenvalue weighted by atomic mass is 10.0. The quantitative estimate of drug-likeness (QED) is 0.826. The van der Waals surface area contributed by atoms with Crippen LogP contribution in [0.4, 0.5) is 8.78 Å². The predicted molar refractivity (Wildman–Crippen MR) is 52.8 cm³/mol. The first kappa shape index (κ1) is 13.1. The number of phenols is 1. The van der Waals surface area contributed by atoms with Crippen molar-refractivity contribution < 1.29 is 13.9 Å². The summed E-state index contributed by atoms with van der Waals surface area (Å²) in [6, 6.07) is 2.81. The van der Waals surface area contributed by atoms with Crippen LogP contribution in [0.5, 0.6) is 5.75 Å². The molecule has 0 radical (unpaired) electrons. The molecule has 0 fully saturated rings. The highest BCUT2D eigenvalue weighted by Crippen LogP contribution is 2.25. The average molecular weight is 224 g/mol. The summed E-state index contributed by atoms with van der Waals surface area (Å²) in [7, 11) is 0. The lowest BCUT2D eigenvalue weighted by Crippen LogP contribution is -2.11. The second kappa shape index (κ2) is 5.78. The Hall–Kier alpha value is -0.870. The highest BCUT2D eigenvalue weighted by atomic mass is 35.5. The van der Waals surface area contributed by atoms with Crippen LogP contribution in [0.1, 0.15) is 18.0 Å². The van der Waals surface area contributed by atoms with Crippen LogP contribution in [-0.2, 0) is 0 Å². The molecule has 0 aromatic heterocycles. The van der Waals surface area contributed by atoms with Crippen molar-refractivity contribution in [1.82, 2.24) is 0 Å². The van der Waals surface area contributed by atoms with Crippen molar-refractivity contribution in [3.05, 3.63) is 29.6 Å². The van der Waals surface area contributed by atoms with Crippen molar-refractivity contribution in [3.63, 3.8) is 0 Å². The maximum absolute atomic E-state index is 12.7. The minimum Gasteiger partial charge on any atom is -0.508 e. The molecule has 80 valence electrons. The maximum Gasteiger partial charge on any atom is 0.123 e. The van der Waals surface area contributed by atoms with Crippen LogP contribution in [-0.4, -0.2) is 11.8 Å². The number of halogens is 3. The van der Waals surface area contributed by atoms with E-state index in [2.05, 4.69) is 0 Å². The molecule has 0 aliphatic carbocycles. The molecule has 1 rings (SSSR count). The van der Waals surface area contributed by atoms with E-state index in [1.54, 1.807) is 0 Å². The Labute approximate surface area is 87.1 Å². The van der Waals surface area contributed by atoms with Gasteiger partial charge in [0.25, 0.3) is 0 Å². The summed E-state index contributed by atoms with van der Waals surface area (Å²) in [5.41, 5.74) is 5.76. The summed E-state index contributed by atoms with van der Waals surface area (Å²) in [4.78, 5) is 0. The van der Waals surface area contributed by atoms with E-state index in [1.807, 2.05) is 0 Å². The van der Waals surface area contributed by atoms with E-state index in [1.165, 1.54) is 6.07 Å². The zero-order valence-corrected chi connectivity index (χ0v) is 8.23. The molecule has 14 heavy (non-hydrogen) atoms. The average Bonchev–Trinajstić information content (AvgIpc) is 2.09. The summed E-state index contributed by atoms with van der Waals surface area (Å²) in [5, 5.41) is 9.26. The SMILES string of the molecule is Cl.N[C@@H](CCF)c1cc(F)ccc1O. The Morgan fingerprint density at radius 2 is 2.07 bits per heavy atom. The second-order valence-corrected chi connectivity index (χ2v) is 2.79. The third kappa shape index (κ3) is 3.12. The Morgan fingerprint density at radius 3 is 2.64 bits per heavy atom. The van der Waals surface area contributed by atoms with Gasteiger partial charge in [-0.3, -0.25) is 4.39 Å². The first-order chi connectivity index (χ1) is 6.15. The minimum absolute atomic E-state index is 0. The number of rotatable bonds is 3. The highest BCUT2D eigenvalue weighted by Gasteiger charge is 2.11. The Kier molecular flexibility index (Phi) is 5.42. The third-order valence-electron chi connectivity index (χ3n) is 1.81. The number of alkyl halides is 1. The zero-order valence-electron chi connectivity index (χ0n) is 7.41. The fraction of sp³-hybridized carbons (Fsp3) is 0.333. The predicted octanol–water partition coefficient (Wildman–Crippen LogP) is 2.31. The van der Waals surface area contributed by atoms with E-state index in [9.17, 15) is 13.9 Å². The van der Waals surface area contributed by atoms with Gasteiger partial charge in [-0.2, -0.15) is 0 Å². The van der Waals surface area contributed by atoms with Gasteiger partial charge in [-0.1, -0.05) is 0 Å². The molecule has 0 amide bonds. The van der Waals surface area contributed by atoms with Crippen molar-refractivity contribution in [2.24, 2.45) is 5.73 Å². The van der Waals surface area contributed by atoms with Gasteiger partial charge >= 0.3 is 0 Å². The van der Waals surface area contributed by atoms with Crippen molar-refractivity contribution in [1.29, 1.82) is 0 Å². The smallest absolute Gasteiger partial charge is 0.123 e. The summed E-state index contributed by atoms with van der Waals surface area (Å²) in [6.45, 7) is -0.586. The zero-order chi connectivity index (χ0) is 9.84. The summed E-state index contributed by atoms with van der Waals surface area (Å²) >= 11 is 0. The first-order valence-corrected chi connectivity index (χ1v) is 3.95. The summed E-state index contributed by atoms with van der Waals surface area (Å²) in [6.07, 6.45) is 0.0804. The monoisotopic (exact) mass is 223 g/mol. The molecule has 0 saturated heterocycles. The molecule has 3 N–H and O–H groups in total. The van der Waals surface area contributed by atoms with Gasteiger partial charge in [0.1, 0.15) is 11.6 Å². The van der Waals surface area contributed by atoms with Crippen LogP contribution in [0, 0.1) is 5.82 Å². The van der Waals surface area contributed by atoms with Gasteiger partial charge in [-0.05, 0) is 24.6 Å². The van der Waals surface area contributed by atoms with E-state index in [0.29, 0.717) is 0 Å². The molecule has 1 aromatic rings. The number of benzene rings is 1. The maximum atomic E-state index is 12.7. The van der Waals surface area contributed by atoms with Gasteiger partial charge < -0.3 is 10.8 Å². The van der Waals surface area contributed by atoms with Gasteiger partial charge in [-0.15, -0.1) is 12.4 Å². The number of aromatic hydroxyl groups is 1. The third-order valence-corrected chi connectivity index (χ3v) is 1.81. The molecule has 1 aromatic carbocycles. The molecular formula is C9H12ClF2NO. The molecule has 1 atom stereocenters. The van der Waals surface area contributed by atoms with E-state index in [0.717, 1.165) is 12.1 Å². The van der Waals surface area contributed by atoms with Crippen LogP contribution in [0.3, 0.4) is 0 Å². The van der Waals surface area contributed by atoms with Crippen LogP contribution >= 0.6 is 12.4 Å². The van der Waals surface area contributed by atoms with Gasteiger partial charge in [0.2, 0.25) is 0 Å². The normalized spacial score (nSPS) is 11.9. The van der Waals surface area contributed by atoms with Gasteiger partial charge in [-0.25, -0.2) is 4.39 Å². The van der Waals surface area contributed by atoms with Crippen LogP contribution < -0.4 is 5.73 Å². The van der Waals surface area contributed by atoms with Gasteiger partial charge in [0.15, 0.2) is 0 Å². The number of hydrogen-bond acceptors (Lipinski definition) is 2. The van der Waals surface area contributed by atoms with E-state index >= 15 is 0 Å². The topological polar surface area (TPSA) is 46.2 Å². The summed E-state index contributed by atoms with van der Waals surface area (Å²) < 4.78 is 24.6. The van der Waals surface area contributed by atoms with Crippen LogP contribution in [0.2, 0.25) is 0 Å². The lowest BCUT2D eigenvalue weighted by molar-refractivity contribution is 0.422. The molecule has 0 saturated carbocycles. The molecule has 2 nitrogen and oxygen atoms in total. The van der Waals surface area contributed by atoms with Crippen molar-refractivity contribution in [2.45, 2.75) is 12.5 Å². The van der Waals surface area contributed by atoms with Crippen LogP contribution in [0.15, 0.2) is 18.2 Å². The molecule has 0 aliphatic rings. The largest absolute Gasteiger partial charge is 0.508 e. The molecule has 0 aliphatic heterocycles. The molecule has 0 bridgehead atoms. The minimum atomic E-state index is -0.652. The standard InChI is InChI=1S/C9H11F2NO.ClH/c10-4-3-8(12)7-5-6(11)1-2-9(7)13;/h1-2,5,8,13H,3-4,12H2;1H/t8-;/m0./s1. The van der Waals surface area contributed by atoms with Crippen molar-refractivity contribution in [3.8, 4) is 5.75 Å². The van der Waals surface area contributed by atoms with Crippen molar-refractivity contribution >= 4 is 12.4 Å². The Bertz CT molecular complexity index is 296. The second-order valence-electron chi connectivity index (χ2n) is 2.79. The molecule has 0 unspecified atom stereocenters. The molecular weight excluding hydrogens is 212 g/mol.